The number of hydrogen-bond acceptors (Lipinski definition) is 5. The van der Waals surface area contributed by atoms with Gasteiger partial charge in [0.05, 0.1) is 23.0 Å². The highest BCUT2D eigenvalue weighted by Gasteiger charge is 2.46. The zero-order chi connectivity index (χ0) is 23.6. The summed E-state index contributed by atoms with van der Waals surface area (Å²) in [5.41, 5.74) is 2.79. The van der Waals surface area contributed by atoms with E-state index in [-0.39, 0.29) is 12.1 Å². The molecule has 1 unspecified atom stereocenters. The summed E-state index contributed by atoms with van der Waals surface area (Å²) in [4.78, 5) is 15.0. The summed E-state index contributed by atoms with van der Waals surface area (Å²) in [6.45, 7) is 7.96. The number of carbonyl (C=O) groups is 1. The quantitative estimate of drug-likeness (QED) is 0.549. The first kappa shape index (κ1) is 22.9. The largest absolute Gasteiger partial charge is 0.438 e. The maximum absolute atomic E-state index is 13.2. The number of hydrogen-bond donors (Lipinski definition) is 1. The number of rotatable bonds is 6. The molecule has 0 bridgehead atoms. The molecule has 6 nitrogen and oxygen atoms in total. The van der Waals surface area contributed by atoms with Gasteiger partial charge in [-0.15, -0.1) is 0 Å². The molecule has 3 aromatic rings. The minimum absolute atomic E-state index is 0.147. The molecule has 2 atom stereocenters. The molecule has 2 aromatic carbocycles. The van der Waals surface area contributed by atoms with Crippen molar-refractivity contribution in [3.63, 3.8) is 0 Å². The lowest BCUT2D eigenvalue weighted by molar-refractivity contribution is -0.101. The van der Waals surface area contributed by atoms with Crippen LogP contribution in [-0.4, -0.2) is 38.4 Å². The number of cyclic esters (lactones) is 1. The van der Waals surface area contributed by atoms with Crippen LogP contribution < -0.4 is 0 Å². The Hall–Kier alpha value is -3.25. The molecule has 1 N–H and O–H groups in total. The van der Waals surface area contributed by atoms with Gasteiger partial charge in [0.2, 0.25) is 0 Å². The van der Waals surface area contributed by atoms with Crippen molar-refractivity contribution in [3.8, 4) is 11.3 Å². The second-order valence-electron chi connectivity index (χ2n) is 9.52. The van der Waals surface area contributed by atoms with Crippen LogP contribution in [0.25, 0.3) is 11.3 Å². The molecule has 33 heavy (non-hydrogen) atoms. The molecule has 6 heteroatoms. The molecule has 1 amide bonds. The van der Waals surface area contributed by atoms with E-state index >= 15 is 0 Å². The van der Waals surface area contributed by atoms with Crippen molar-refractivity contribution >= 4 is 6.09 Å². The molecular weight excluding hydrogens is 414 g/mol. The van der Waals surface area contributed by atoms with E-state index in [1.54, 1.807) is 18.7 Å². The lowest BCUT2D eigenvalue weighted by atomic mass is 9.80. The van der Waals surface area contributed by atoms with Gasteiger partial charge in [0.15, 0.2) is 0 Å². The van der Waals surface area contributed by atoms with E-state index in [1.165, 1.54) is 0 Å². The monoisotopic (exact) mass is 445 g/mol. The molecule has 0 aliphatic carbocycles. The Morgan fingerprint density at radius 2 is 1.76 bits per heavy atom. The number of aliphatic hydroxyl groups is 1. The third kappa shape index (κ3) is 5.06. The van der Waals surface area contributed by atoms with E-state index in [0.717, 1.165) is 28.1 Å². The second-order valence-corrected chi connectivity index (χ2v) is 9.52. The van der Waals surface area contributed by atoms with Gasteiger partial charge in [0.25, 0.3) is 0 Å². The van der Waals surface area contributed by atoms with Gasteiger partial charge in [-0.2, -0.15) is 10.2 Å². The molecule has 1 aliphatic heterocycles. The van der Waals surface area contributed by atoms with Gasteiger partial charge < -0.3 is 14.7 Å². The first-order valence-corrected chi connectivity index (χ1v) is 11.4. The van der Waals surface area contributed by atoms with E-state index in [4.69, 9.17) is 4.74 Å². The first-order valence-electron chi connectivity index (χ1n) is 11.4. The standard InChI is InChI=1S/C27H31N3O3/c1-19-10-15-24(29-28-19)22-13-11-21(12-14-22)20(2)30-17-16-27(33-25(30)31,18-26(3,4)32)23-8-6-5-7-9-23/h5-15,20,32H,16-18H2,1-4H3/t20-,27?/m0/s1. The van der Waals surface area contributed by atoms with E-state index in [1.807, 2.05) is 80.6 Å². The van der Waals surface area contributed by atoms with E-state index < -0.39 is 11.2 Å². The lowest BCUT2D eigenvalue weighted by Gasteiger charge is -2.45. The van der Waals surface area contributed by atoms with Gasteiger partial charge in [-0.1, -0.05) is 54.6 Å². The van der Waals surface area contributed by atoms with Crippen LogP contribution in [0, 0.1) is 6.92 Å². The van der Waals surface area contributed by atoms with Crippen LogP contribution in [0.5, 0.6) is 0 Å². The number of carbonyl (C=O) groups excluding carboxylic acids is 1. The SMILES string of the molecule is Cc1ccc(-c2ccc([C@H](C)N3CCC(CC(C)(C)O)(c4ccccc4)OC3=O)cc2)nn1. The fourth-order valence-corrected chi connectivity index (χ4v) is 4.56. The molecule has 0 radical (unpaired) electrons. The number of nitrogens with zero attached hydrogens (tertiary/aromatic N) is 3. The highest BCUT2D eigenvalue weighted by Crippen LogP contribution is 2.42. The van der Waals surface area contributed by atoms with E-state index in [2.05, 4.69) is 10.2 Å². The Morgan fingerprint density at radius 1 is 1.06 bits per heavy atom. The normalized spacial score (nSPS) is 19.8. The molecular formula is C27H31N3O3. The molecule has 0 spiro atoms. The minimum Gasteiger partial charge on any atom is -0.438 e. The molecule has 1 aliphatic rings. The summed E-state index contributed by atoms with van der Waals surface area (Å²) in [6.07, 6.45) is 0.577. The van der Waals surface area contributed by atoms with Crippen molar-refractivity contribution < 1.29 is 14.6 Å². The molecule has 1 aromatic heterocycles. The summed E-state index contributed by atoms with van der Waals surface area (Å²) < 4.78 is 6.10. The fourth-order valence-electron chi connectivity index (χ4n) is 4.56. The number of aromatic nitrogens is 2. The number of benzene rings is 2. The maximum atomic E-state index is 13.2. The molecule has 1 fully saturated rings. The van der Waals surface area contributed by atoms with Crippen LogP contribution in [0.1, 0.15) is 56.5 Å². The zero-order valence-electron chi connectivity index (χ0n) is 19.7. The highest BCUT2D eigenvalue weighted by atomic mass is 16.6. The molecule has 0 saturated carbocycles. The predicted octanol–water partition coefficient (Wildman–Crippen LogP) is 5.41. The third-order valence-electron chi connectivity index (χ3n) is 6.25. The second kappa shape index (κ2) is 8.94. The Morgan fingerprint density at radius 3 is 2.33 bits per heavy atom. The van der Waals surface area contributed by atoms with Gasteiger partial charge >= 0.3 is 6.09 Å². The average Bonchev–Trinajstić information content (AvgIpc) is 2.79. The Labute approximate surface area is 195 Å². The molecule has 172 valence electrons. The van der Waals surface area contributed by atoms with Crippen molar-refractivity contribution in [2.45, 2.75) is 57.8 Å². The average molecular weight is 446 g/mol. The number of aryl methyl sites for hydroxylation is 1. The van der Waals surface area contributed by atoms with Crippen molar-refractivity contribution in [2.24, 2.45) is 0 Å². The van der Waals surface area contributed by atoms with Crippen LogP contribution in [-0.2, 0) is 10.3 Å². The van der Waals surface area contributed by atoms with Crippen molar-refractivity contribution in [2.75, 3.05) is 6.54 Å². The minimum atomic E-state index is -0.974. The van der Waals surface area contributed by atoms with Crippen LogP contribution in [0.4, 0.5) is 4.79 Å². The maximum Gasteiger partial charge on any atom is 0.411 e. The molecule has 2 heterocycles. The van der Waals surface area contributed by atoms with Crippen LogP contribution in [0.3, 0.4) is 0 Å². The Balaban J connectivity index is 1.53. The molecule has 4 rings (SSSR count). The van der Waals surface area contributed by atoms with Crippen LogP contribution in [0.2, 0.25) is 0 Å². The van der Waals surface area contributed by atoms with Crippen molar-refractivity contribution in [1.29, 1.82) is 0 Å². The highest BCUT2D eigenvalue weighted by molar-refractivity contribution is 5.70. The number of amides is 1. The Kier molecular flexibility index (Phi) is 6.21. The first-order chi connectivity index (χ1) is 15.7. The number of ether oxygens (including phenoxy) is 1. The van der Waals surface area contributed by atoms with E-state index in [9.17, 15) is 9.90 Å². The molecule has 1 saturated heterocycles. The Bertz CT molecular complexity index is 1090. The third-order valence-corrected chi connectivity index (χ3v) is 6.25. The van der Waals surface area contributed by atoms with E-state index in [0.29, 0.717) is 19.4 Å². The summed E-state index contributed by atoms with van der Waals surface area (Å²) in [6, 6.07) is 21.5. The van der Waals surface area contributed by atoms with Crippen molar-refractivity contribution in [1.82, 2.24) is 15.1 Å². The van der Waals surface area contributed by atoms with Gasteiger partial charge in [0, 0.05) is 24.9 Å². The van der Waals surface area contributed by atoms with Crippen LogP contribution in [0.15, 0.2) is 66.7 Å². The predicted molar refractivity (Wildman–Crippen MR) is 127 cm³/mol. The lowest BCUT2D eigenvalue weighted by Crippen LogP contribution is -2.51. The van der Waals surface area contributed by atoms with Gasteiger partial charge in [-0.05, 0) is 51.0 Å². The smallest absolute Gasteiger partial charge is 0.411 e. The van der Waals surface area contributed by atoms with Crippen LogP contribution >= 0.6 is 0 Å². The summed E-state index contributed by atoms with van der Waals surface area (Å²) in [7, 11) is 0. The summed E-state index contributed by atoms with van der Waals surface area (Å²) in [5.74, 6) is 0. The summed E-state index contributed by atoms with van der Waals surface area (Å²) >= 11 is 0. The van der Waals surface area contributed by atoms with Crippen molar-refractivity contribution in [3.05, 3.63) is 83.6 Å². The zero-order valence-corrected chi connectivity index (χ0v) is 19.7. The fraction of sp³-hybridized carbons (Fsp3) is 0.370. The topological polar surface area (TPSA) is 75.6 Å². The van der Waals surface area contributed by atoms with Gasteiger partial charge in [0.1, 0.15) is 5.60 Å². The van der Waals surface area contributed by atoms with Gasteiger partial charge in [-0.3, -0.25) is 0 Å². The summed E-state index contributed by atoms with van der Waals surface area (Å²) in [5, 5.41) is 18.9. The van der Waals surface area contributed by atoms with Gasteiger partial charge in [-0.25, -0.2) is 4.79 Å².